The molecule has 1 aromatic heterocycles. The summed E-state index contributed by atoms with van der Waals surface area (Å²) in [6.07, 6.45) is 6.34. The van der Waals surface area contributed by atoms with Crippen molar-refractivity contribution >= 4 is 34.5 Å². The molecule has 0 unspecified atom stereocenters. The van der Waals surface area contributed by atoms with Crippen molar-refractivity contribution in [2.45, 2.75) is 25.8 Å². The summed E-state index contributed by atoms with van der Waals surface area (Å²) < 4.78 is 1.59. The second-order valence-electron chi connectivity index (χ2n) is 7.08. The van der Waals surface area contributed by atoms with Crippen molar-refractivity contribution in [2.75, 3.05) is 5.32 Å². The van der Waals surface area contributed by atoms with E-state index in [4.69, 9.17) is 5.11 Å². The summed E-state index contributed by atoms with van der Waals surface area (Å²) in [7, 11) is 0. The standard InChI is InChI=1S/C23H19N3O3/c24-12-17(23(29)25-19-9-8-15-4-3-5-16(15)11-19)10-18-13-26(14-22(27)28)21-7-2-1-6-20(18)21/h1-2,6-11,13H,3-5,14H2,(H,25,29)(H,27,28)/b17-10+. The summed E-state index contributed by atoms with van der Waals surface area (Å²) in [6, 6.07) is 15.1. The molecule has 1 aliphatic rings. The number of hydrogen-bond acceptors (Lipinski definition) is 3. The first-order chi connectivity index (χ1) is 14.0. The number of carboxylic acids is 1. The highest BCUT2D eigenvalue weighted by atomic mass is 16.4. The number of aromatic nitrogens is 1. The zero-order chi connectivity index (χ0) is 20.4. The summed E-state index contributed by atoms with van der Waals surface area (Å²) in [5.74, 6) is -1.45. The van der Waals surface area contributed by atoms with Crippen LogP contribution in [-0.2, 0) is 29.0 Å². The fourth-order valence-electron chi connectivity index (χ4n) is 3.82. The molecule has 6 heteroatoms. The predicted molar refractivity (Wildman–Crippen MR) is 110 cm³/mol. The summed E-state index contributed by atoms with van der Waals surface area (Å²) >= 11 is 0. The Hall–Kier alpha value is -3.85. The van der Waals surface area contributed by atoms with E-state index in [1.54, 1.807) is 10.8 Å². The molecule has 3 aromatic rings. The minimum atomic E-state index is -0.962. The number of carboxylic acid groups (broad SMARTS) is 1. The van der Waals surface area contributed by atoms with E-state index >= 15 is 0 Å². The van der Waals surface area contributed by atoms with Gasteiger partial charge in [0.2, 0.25) is 0 Å². The van der Waals surface area contributed by atoms with E-state index in [1.807, 2.05) is 48.5 Å². The van der Waals surface area contributed by atoms with E-state index in [-0.39, 0.29) is 12.1 Å². The Balaban J connectivity index is 1.64. The summed E-state index contributed by atoms with van der Waals surface area (Å²) in [5, 5.41) is 22.2. The smallest absolute Gasteiger partial charge is 0.323 e. The molecule has 6 nitrogen and oxygen atoms in total. The topological polar surface area (TPSA) is 95.1 Å². The van der Waals surface area contributed by atoms with Gasteiger partial charge in [-0.1, -0.05) is 24.3 Å². The van der Waals surface area contributed by atoms with Crippen LogP contribution in [0.3, 0.4) is 0 Å². The van der Waals surface area contributed by atoms with Gasteiger partial charge in [0.1, 0.15) is 18.2 Å². The number of benzene rings is 2. The number of nitrogens with zero attached hydrogens (tertiary/aromatic N) is 2. The maximum atomic E-state index is 12.7. The number of nitriles is 1. The fourth-order valence-corrected chi connectivity index (χ4v) is 3.82. The highest BCUT2D eigenvalue weighted by molar-refractivity contribution is 6.10. The van der Waals surface area contributed by atoms with Crippen LogP contribution in [0.2, 0.25) is 0 Å². The van der Waals surface area contributed by atoms with Crippen molar-refractivity contribution in [3.8, 4) is 6.07 Å². The number of anilines is 1. The molecule has 1 heterocycles. The highest BCUT2D eigenvalue weighted by Crippen LogP contribution is 2.26. The molecule has 2 N–H and O–H groups in total. The zero-order valence-electron chi connectivity index (χ0n) is 15.7. The number of fused-ring (bicyclic) bond motifs is 2. The summed E-state index contributed by atoms with van der Waals surface area (Å²) in [6.45, 7) is -0.197. The van der Waals surface area contributed by atoms with Crippen LogP contribution < -0.4 is 5.32 Å². The van der Waals surface area contributed by atoms with Gasteiger partial charge in [-0.3, -0.25) is 9.59 Å². The maximum absolute atomic E-state index is 12.7. The summed E-state index contributed by atoms with van der Waals surface area (Å²) in [5.41, 5.74) is 4.54. The predicted octanol–water partition coefficient (Wildman–Crippen LogP) is 3.76. The zero-order valence-corrected chi connectivity index (χ0v) is 15.7. The number of carbonyl (C=O) groups is 2. The van der Waals surface area contributed by atoms with Gasteiger partial charge >= 0.3 is 5.97 Å². The van der Waals surface area contributed by atoms with Crippen molar-refractivity contribution in [3.63, 3.8) is 0 Å². The third-order valence-electron chi connectivity index (χ3n) is 5.15. The molecule has 144 valence electrons. The number of aliphatic carboxylic acids is 1. The Morgan fingerprint density at radius 3 is 2.76 bits per heavy atom. The molecule has 0 saturated carbocycles. The van der Waals surface area contributed by atoms with Gasteiger partial charge < -0.3 is 15.0 Å². The SMILES string of the molecule is N#C/C(=C\c1cn(CC(=O)O)c2ccccc12)C(=O)Nc1ccc2c(c1)CCC2. The van der Waals surface area contributed by atoms with E-state index in [2.05, 4.69) is 5.32 Å². The molecule has 0 aliphatic heterocycles. The molecule has 4 rings (SSSR count). The molecule has 2 aromatic carbocycles. The lowest BCUT2D eigenvalue weighted by Gasteiger charge is -2.07. The molecule has 0 fully saturated rings. The maximum Gasteiger partial charge on any atom is 0.323 e. The Morgan fingerprint density at radius 2 is 1.97 bits per heavy atom. The molecule has 1 aliphatic carbocycles. The number of para-hydroxylation sites is 1. The van der Waals surface area contributed by atoms with Crippen molar-refractivity contribution < 1.29 is 14.7 Å². The lowest BCUT2D eigenvalue weighted by molar-refractivity contribution is -0.137. The quantitative estimate of drug-likeness (QED) is 0.516. The average molecular weight is 385 g/mol. The number of aryl methyl sites for hydroxylation is 2. The van der Waals surface area contributed by atoms with Crippen LogP contribution in [0.15, 0.2) is 54.2 Å². The summed E-state index contributed by atoms with van der Waals surface area (Å²) in [4.78, 5) is 23.8. The van der Waals surface area contributed by atoms with Gasteiger partial charge in [-0.25, -0.2) is 0 Å². The van der Waals surface area contributed by atoms with Gasteiger partial charge in [-0.05, 0) is 54.7 Å². The average Bonchev–Trinajstić information content (AvgIpc) is 3.30. The van der Waals surface area contributed by atoms with Crippen LogP contribution in [0, 0.1) is 11.3 Å². The van der Waals surface area contributed by atoms with Gasteiger partial charge in [0.05, 0.1) is 0 Å². The van der Waals surface area contributed by atoms with Crippen LogP contribution in [0.5, 0.6) is 0 Å². The van der Waals surface area contributed by atoms with Crippen molar-refractivity contribution in [3.05, 3.63) is 70.9 Å². The normalized spacial score (nSPS) is 13.1. The van der Waals surface area contributed by atoms with E-state index in [1.165, 1.54) is 17.2 Å². The van der Waals surface area contributed by atoms with Crippen molar-refractivity contribution in [1.29, 1.82) is 5.26 Å². The van der Waals surface area contributed by atoms with Gasteiger partial charge in [-0.2, -0.15) is 5.26 Å². The number of nitrogens with one attached hydrogen (secondary N) is 1. The van der Waals surface area contributed by atoms with E-state index < -0.39 is 11.9 Å². The van der Waals surface area contributed by atoms with E-state index in [9.17, 15) is 14.9 Å². The molecule has 29 heavy (non-hydrogen) atoms. The van der Waals surface area contributed by atoms with Crippen LogP contribution in [0.25, 0.3) is 17.0 Å². The first-order valence-corrected chi connectivity index (χ1v) is 9.40. The number of rotatable bonds is 5. The van der Waals surface area contributed by atoms with Gasteiger partial charge in [-0.15, -0.1) is 0 Å². The number of amides is 1. The number of hydrogen-bond donors (Lipinski definition) is 2. The van der Waals surface area contributed by atoms with Crippen LogP contribution in [-0.4, -0.2) is 21.6 Å². The third kappa shape index (κ3) is 3.76. The van der Waals surface area contributed by atoms with Crippen LogP contribution in [0.1, 0.15) is 23.1 Å². The lowest BCUT2D eigenvalue weighted by atomic mass is 10.1. The number of carbonyl (C=O) groups excluding carboxylic acids is 1. The lowest BCUT2D eigenvalue weighted by Crippen LogP contribution is -2.13. The minimum absolute atomic E-state index is 0.0382. The van der Waals surface area contributed by atoms with Gasteiger partial charge in [0, 0.05) is 28.4 Å². The third-order valence-corrected chi connectivity index (χ3v) is 5.15. The highest BCUT2D eigenvalue weighted by Gasteiger charge is 2.15. The molecule has 0 bridgehead atoms. The van der Waals surface area contributed by atoms with Gasteiger partial charge in [0.25, 0.3) is 5.91 Å². The first-order valence-electron chi connectivity index (χ1n) is 9.40. The first kappa shape index (κ1) is 18.5. The Kier molecular flexibility index (Phi) is 4.88. The van der Waals surface area contributed by atoms with Crippen LogP contribution in [0.4, 0.5) is 5.69 Å². The van der Waals surface area contributed by atoms with Gasteiger partial charge in [0.15, 0.2) is 0 Å². The van der Waals surface area contributed by atoms with Crippen molar-refractivity contribution in [2.24, 2.45) is 0 Å². The van der Waals surface area contributed by atoms with E-state index in [0.717, 1.165) is 30.2 Å². The molecular weight excluding hydrogens is 366 g/mol. The van der Waals surface area contributed by atoms with E-state index in [0.29, 0.717) is 11.3 Å². The largest absolute Gasteiger partial charge is 0.480 e. The molecule has 0 spiro atoms. The van der Waals surface area contributed by atoms with Crippen LogP contribution >= 0.6 is 0 Å². The Morgan fingerprint density at radius 1 is 1.17 bits per heavy atom. The molecular formula is C23H19N3O3. The molecule has 0 radical (unpaired) electrons. The van der Waals surface area contributed by atoms with Crippen molar-refractivity contribution in [1.82, 2.24) is 4.57 Å². The minimum Gasteiger partial charge on any atom is -0.480 e. The molecule has 1 amide bonds. The Labute approximate surface area is 167 Å². The second-order valence-corrected chi connectivity index (χ2v) is 7.08. The molecule has 0 saturated heterocycles. The second kappa shape index (κ2) is 7.64. The molecule has 0 atom stereocenters. The fraction of sp³-hybridized carbons (Fsp3) is 0.174. The Bertz CT molecular complexity index is 1200. The monoisotopic (exact) mass is 385 g/mol.